The van der Waals surface area contributed by atoms with Gasteiger partial charge in [0.1, 0.15) is 5.82 Å². The summed E-state index contributed by atoms with van der Waals surface area (Å²) in [6.07, 6.45) is 1.05. The molecule has 0 amide bonds. The van der Waals surface area contributed by atoms with Crippen molar-refractivity contribution in [3.63, 3.8) is 0 Å². The van der Waals surface area contributed by atoms with E-state index in [2.05, 4.69) is 0 Å². The fraction of sp³-hybridized carbons (Fsp3) is 0.400. The molecule has 2 heterocycles. The Hall–Kier alpha value is -1.85. The molecule has 2 aromatic rings. The van der Waals surface area contributed by atoms with E-state index in [-0.39, 0.29) is 31.1 Å². The van der Waals surface area contributed by atoms with Crippen LogP contribution in [0.3, 0.4) is 0 Å². The van der Waals surface area contributed by atoms with E-state index >= 15 is 0 Å². The molecule has 2 aliphatic heterocycles. The van der Waals surface area contributed by atoms with E-state index in [9.17, 15) is 21.2 Å². The summed E-state index contributed by atoms with van der Waals surface area (Å²) in [7, 11) is -7.50. The molecule has 0 spiro atoms. The third kappa shape index (κ3) is 4.15. The van der Waals surface area contributed by atoms with Gasteiger partial charge in [-0.3, -0.25) is 0 Å². The highest BCUT2D eigenvalue weighted by atomic mass is 32.2. The van der Waals surface area contributed by atoms with Crippen LogP contribution in [0, 0.1) is 5.82 Å². The molecule has 0 atom stereocenters. The smallest absolute Gasteiger partial charge is 0.207 e. The highest BCUT2D eigenvalue weighted by Gasteiger charge is 2.35. The fourth-order valence-corrected chi connectivity index (χ4v) is 7.02. The van der Waals surface area contributed by atoms with Crippen LogP contribution in [-0.4, -0.2) is 62.5 Å². The van der Waals surface area contributed by atoms with Crippen LogP contribution in [0.1, 0.15) is 17.5 Å². The molecule has 4 rings (SSSR count). The molecular formula is C20H24FN3O4S2. The number of rotatable bonds is 4. The van der Waals surface area contributed by atoms with Gasteiger partial charge in [0.25, 0.3) is 10.2 Å². The van der Waals surface area contributed by atoms with Crippen molar-refractivity contribution in [2.75, 3.05) is 32.7 Å². The number of hydrogen-bond acceptors (Lipinski definition) is 4. The summed E-state index contributed by atoms with van der Waals surface area (Å²) in [6.45, 7) is 1.36. The lowest BCUT2D eigenvalue weighted by Gasteiger charge is -2.32. The zero-order valence-corrected chi connectivity index (χ0v) is 18.1. The maximum Gasteiger partial charge on any atom is 0.282 e. The van der Waals surface area contributed by atoms with Gasteiger partial charge in [-0.25, -0.2) is 12.8 Å². The molecule has 7 nitrogen and oxygen atoms in total. The second-order valence-corrected chi connectivity index (χ2v) is 11.3. The lowest BCUT2D eigenvalue weighted by molar-refractivity contribution is 0.328. The molecule has 0 bridgehead atoms. The predicted molar refractivity (Wildman–Crippen MR) is 111 cm³/mol. The Labute approximate surface area is 176 Å². The SMILES string of the molecule is O=S(=O)(c1ccc(F)cc1)N1CCCN(S(=O)(=O)N2CCc3ccccc3C2)CC1. The zero-order chi connectivity index (χ0) is 21.4. The molecular weight excluding hydrogens is 429 g/mol. The molecule has 0 N–H and O–H groups in total. The maximum atomic E-state index is 13.2. The van der Waals surface area contributed by atoms with Crippen LogP contribution in [0.2, 0.25) is 0 Å². The van der Waals surface area contributed by atoms with E-state index < -0.39 is 26.0 Å². The number of benzene rings is 2. The molecule has 1 fully saturated rings. The second kappa shape index (κ2) is 8.35. The van der Waals surface area contributed by atoms with Crippen LogP contribution in [0.15, 0.2) is 53.4 Å². The quantitative estimate of drug-likeness (QED) is 0.708. The van der Waals surface area contributed by atoms with Crippen LogP contribution in [0.4, 0.5) is 4.39 Å². The summed E-state index contributed by atoms with van der Waals surface area (Å²) in [5, 5.41) is 0. The maximum absolute atomic E-state index is 13.2. The van der Waals surface area contributed by atoms with E-state index in [1.165, 1.54) is 25.0 Å². The Morgan fingerprint density at radius 2 is 1.33 bits per heavy atom. The van der Waals surface area contributed by atoms with E-state index in [4.69, 9.17) is 0 Å². The standard InChI is InChI=1S/C20H24FN3O4S2/c21-19-6-8-20(9-7-19)29(25,26)22-11-3-12-23(15-14-22)30(27,28)24-13-10-17-4-1-2-5-18(17)16-24/h1-2,4-9H,3,10-16H2. The second-order valence-electron chi connectivity index (χ2n) is 7.47. The van der Waals surface area contributed by atoms with Gasteiger partial charge in [0.05, 0.1) is 4.90 Å². The van der Waals surface area contributed by atoms with Gasteiger partial charge in [-0.15, -0.1) is 0 Å². The van der Waals surface area contributed by atoms with Crippen LogP contribution in [0.25, 0.3) is 0 Å². The van der Waals surface area contributed by atoms with Crippen LogP contribution >= 0.6 is 0 Å². The minimum Gasteiger partial charge on any atom is -0.207 e. The summed E-state index contributed by atoms with van der Waals surface area (Å²) in [6, 6.07) is 12.5. The first kappa shape index (κ1) is 21.4. The third-order valence-electron chi connectivity index (χ3n) is 5.61. The lowest BCUT2D eigenvalue weighted by atomic mass is 10.0. The first-order valence-corrected chi connectivity index (χ1v) is 12.7. The lowest BCUT2D eigenvalue weighted by Crippen LogP contribution is -2.47. The number of fused-ring (bicyclic) bond motifs is 1. The molecule has 0 aliphatic carbocycles. The summed E-state index contributed by atoms with van der Waals surface area (Å²) in [5.74, 6) is -0.509. The van der Waals surface area contributed by atoms with Crippen molar-refractivity contribution in [3.8, 4) is 0 Å². The van der Waals surface area contributed by atoms with Crippen molar-refractivity contribution < 1.29 is 21.2 Å². The van der Waals surface area contributed by atoms with E-state index in [0.717, 1.165) is 23.3 Å². The van der Waals surface area contributed by atoms with Gasteiger partial charge < -0.3 is 0 Å². The van der Waals surface area contributed by atoms with Crippen molar-refractivity contribution in [2.45, 2.75) is 24.3 Å². The van der Waals surface area contributed by atoms with Gasteiger partial charge in [0.15, 0.2) is 0 Å². The monoisotopic (exact) mass is 453 g/mol. The summed E-state index contributed by atoms with van der Waals surface area (Å²) < 4.78 is 69.4. The normalized spacial score (nSPS) is 19.9. The average Bonchev–Trinajstić information content (AvgIpc) is 3.01. The van der Waals surface area contributed by atoms with Crippen molar-refractivity contribution in [2.24, 2.45) is 0 Å². The van der Waals surface area contributed by atoms with Crippen molar-refractivity contribution >= 4 is 20.2 Å². The fourth-order valence-electron chi connectivity index (χ4n) is 3.93. The Kier molecular flexibility index (Phi) is 5.95. The van der Waals surface area contributed by atoms with Gasteiger partial charge in [-0.05, 0) is 48.2 Å². The van der Waals surface area contributed by atoms with E-state index in [0.29, 0.717) is 25.9 Å². The molecule has 0 unspecified atom stereocenters. The Morgan fingerprint density at radius 3 is 2.07 bits per heavy atom. The molecule has 10 heteroatoms. The van der Waals surface area contributed by atoms with Crippen LogP contribution < -0.4 is 0 Å². The van der Waals surface area contributed by atoms with Crippen molar-refractivity contribution in [1.82, 2.24) is 12.9 Å². The summed E-state index contributed by atoms with van der Waals surface area (Å²) >= 11 is 0. The molecule has 162 valence electrons. The predicted octanol–water partition coefficient (Wildman–Crippen LogP) is 1.83. The Morgan fingerprint density at radius 1 is 0.700 bits per heavy atom. The Bertz CT molecular complexity index is 1120. The zero-order valence-electron chi connectivity index (χ0n) is 16.4. The molecule has 0 radical (unpaired) electrons. The van der Waals surface area contributed by atoms with E-state index in [1.54, 1.807) is 0 Å². The topological polar surface area (TPSA) is 78.0 Å². The van der Waals surface area contributed by atoms with Crippen molar-refractivity contribution in [1.29, 1.82) is 0 Å². The van der Waals surface area contributed by atoms with Crippen LogP contribution in [0.5, 0.6) is 0 Å². The van der Waals surface area contributed by atoms with Gasteiger partial charge in [0.2, 0.25) is 10.0 Å². The van der Waals surface area contributed by atoms with E-state index in [1.807, 2.05) is 24.3 Å². The highest BCUT2D eigenvalue weighted by molar-refractivity contribution is 7.89. The number of halogens is 1. The van der Waals surface area contributed by atoms with Gasteiger partial charge >= 0.3 is 0 Å². The molecule has 1 saturated heterocycles. The highest BCUT2D eigenvalue weighted by Crippen LogP contribution is 2.24. The first-order chi connectivity index (χ1) is 14.3. The summed E-state index contributed by atoms with van der Waals surface area (Å²) in [4.78, 5) is 0.00726. The Balaban J connectivity index is 1.48. The minimum atomic E-state index is -3.80. The van der Waals surface area contributed by atoms with Gasteiger partial charge in [-0.2, -0.15) is 21.3 Å². The largest absolute Gasteiger partial charge is 0.282 e. The number of sulfonamides is 1. The summed E-state index contributed by atoms with van der Waals surface area (Å²) in [5.41, 5.74) is 2.17. The number of nitrogens with zero attached hydrogens (tertiary/aromatic N) is 3. The van der Waals surface area contributed by atoms with Gasteiger partial charge in [0, 0.05) is 39.3 Å². The van der Waals surface area contributed by atoms with Gasteiger partial charge in [-0.1, -0.05) is 24.3 Å². The van der Waals surface area contributed by atoms with Crippen LogP contribution in [-0.2, 0) is 33.2 Å². The molecule has 0 saturated carbocycles. The molecule has 30 heavy (non-hydrogen) atoms. The first-order valence-electron chi connectivity index (χ1n) is 9.86. The van der Waals surface area contributed by atoms with Crippen molar-refractivity contribution in [3.05, 3.63) is 65.5 Å². The third-order valence-corrected chi connectivity index (χ3v) is 9.51. The number of hydrogen-bond donors (Lipinski definition) is 0. The molecule has 0 aromatic heterocycles. The minimum absolute atomic E-state index is 0.00726. The molecule has 2 aliphatic rings. The molecule has 2 aromatic carbocycles. The average molecular weight is 454 g/mol.